The van der Waals surface area contributed by atoms with E-state index in [0.717, 1.165) is 43.1 Å². The Hall–Kier alpha value is -2.50. The maximum absolute atomic E-state index is 12.2. The number of hydrogen-bond acceptors (Lipinski definition) is 5. The predicted molar refractivity (Wildman–Crippen MR) is 97.7 cm³/mol. The molecular formula is C19H25N5O. The molecule has 1 aliphatic heterocycles. The molecule has 2 aromatic rings. The zero-order valence-corrected chi connectivity index (χ0v) is 15.1. The lowest BCUT2D eigenvalue weighted by Crippen LogP contribution is -2.41. The minimum Gasteiger partial charge on any atom is -0.342 e. The molecule has 1 atom stereocenters. The van der Waals surface area contributed by atoms with Crippen LogP contribution in [0.4, 0.5) is 11.6 Å². The van der Waals surface area contributed by atoms with E-state index in [1.807, 2.05) is 50.1 Å². The van der Waals surface area contributed by atoms with Gasteiger partial charge in [-0.15, -0.1) is 0 Å². The number of aryl methyl sites for hydroxylation is 1. The highest BCUT2D eigenvalue weighted by atomic mass is 16.2. The fourth-order valence-electron chi connectivity index (χ4n) is 3.14. The third-order valence-corrected chi connectivity index (χ3v) is 4.46. The second-order valence-electron chi connectivity index (χ2n) is 6.89. The second kappa shape index (κ2) is 7.59. The average Bonchev–Trinajstić information content (AvgIpc) is 2.62. The van der Waals surface area contributed by atoms with Crippen molar-refractivity contribution in [3.63, 3.8) is 0 Å². The van der Waals surface area contributed by atoms with Crippen LogP contribution in [0.2, 0.25) is 0 Å². The van der Waals surface area contributed by atoms with Crippen molar-refractivity contribution in [1.29, 1.82) is 0 Å². The van der Waals surface area contributed by atoms with E-state index >= 15 is 0 Å². The zero-order valence-electron chi connectivity index (χ0n) is 15.1. The van der Waals surface area contributed by atoms with Crippen molar-refractivity contribution in [3.8, 4) is 0 Å². The SMILES string of the molecule is Cc1cccc(Nc2cnc(C3CCCN(C(=O)C(C)C)C3)cn2)n1. The van der Waals surface area contributed by atoms with Crippen LogP contribution in [0, 0.1) is 12.8 Å². The molecule has 0 saturated carbocycles. The number of pyridine rings is 1. The third kappa shape index (κ3) is 4.32. The summed E-state index contributed by atoms with van der Waals surface area (Å²) in [6.07, 6.45) is 5.61. The van der Waals surface area contributed by atoms with Crippen LogP contribution in [-0.2, 0) is 4.79 Å². The standard InChI is InChI=1S/C19H25N5O/c1-13(2)19(25)24-9-5-7-15(12-24)16-10-21-18(11-20-16)23-17-8-4-6-14(3)22-17/h4,6,8,10-11,13,15H,5,7,9,12H2,1-3H3,(H,21,22,23). The van der Waals surface area contributed by atoms with Crippen LogP contribution < -0.4 is 5.32 Å². The largest absolute Gasteiger partial charge is 0.342 e. The minimum absolute atomic E-state index is 0.0400. The van der Waals surface area contributed by atoms with Gasteiger partial charge in [0.1, 0.15) is 11.6 Å². The molecule has 1 aliphatic rings. The molecule has 0 aliphatic carbocycles. The van der Waals surface area contributed by atoms with E-state index in [-0.39, 0.29) is 17.7 Å². The summed E-state index contributed by atoms with van der Waals surface area (Å²) in [7, 11) is 0. The summed E-state index contributed by atoms with van der Waals surface area (Å²) in [6.45, 7) is 7.43. The topological polar surface area (TPSA) is 71.0 Å². The number of rotatable bonds is 4. The van der Waals surface area contributed by atoms with E-state index in [1.54, 1.807) is 6.20 Å². The van der Waals surface area contributed by atoms with Crippen molar-refractivity contribution in [3.05, 3.63) is 42.0 Å². The number of piperidine rings is 1. The van der Waals surface area contributed by atoms with Crippen LogP contribution in [0.15, 0.2) is 30.6 Å². The van der Waals surface area contributed by atoms with Crippen LogP contribution >= 0.6 is 0 Å². The van der Waals surface area contributed by atoms with Crippen LogP contribution in [0.25, 0.3) is 0 Å². The number of anilines is 2. The number of amides is 1. The molecule has 6 heteroatoms. The summed E-state index contributed by atoms with van der Waals surface area (Å²) >= 11 is 0. The lowest BCUT2D eigenvalue weighted by molar-refractivity contribution is -0.135. The van der Waals surface area contributed by atoms with Crippen LogP contribution in [0.1, 0.15) is 44.0 Å². The monoisotopic (exact) mass is 339 g/mol. The molecule has 1 amide bonds. The molecule has 132 valence electrons. The quantitative estimate of drug-likeness (QED) is 0.925. The van der Waals surface area contributed by atoms with Crippen LogP contribution in [0.5, 0.6) is 0 Å². The van der Waals surface area contributed by atoms with Crippen molar-refractivity contribution in [2.24, 2.45) is 5.92 Å². The second-order valence-corrected chi connectivity index (χ2v) is 6.89. The Labute approximate surface area is 148 Å². The van der Waals surface area contributed by atoms with Gasteiger partial charge in [0.05, 0.1) is 18.1 Å². The fourth-order valence-corrected chi connectivity index (χ4v) is 3.14. The molecular weight excluding hydrogens is 314 g/mol. The van der Waals surface area contributed by atoms with E-state index < -0.39 is 0 Å². The van der Waals surface area contributed by atoms with Gasteiger partial charge in [0.2, 0.25) is 5.91 Å². The highest BCUT2D eigenvalue weighted by Crippen LogP contribution is 2.26. The number of aromatic nitrogens is 3. The highest BCUT2D eigenvalue weighted by Gasteiger charge is 2.26. The van der Waals surface area contributed by atoms with Crippen molar-refractivity contribution in [2.75, 3.05) is 18.4 Å². The van der Waals surface area contributed by atoms with E-state index in [9.17, 15) is 4.79 Å². The van der Waals surface area contributed by atoms with E-state index in [1.165, 1.54) is 0 Å². The molecule has 3 heterocycles. The van der Waals surface area contributed by atoms with Crippen molar-refractivity contribution in [1.82, 2.24) is 19.9 Å². The first-order valence-electron chi connectivity index (χ1n) is 8.84. The zero-order chi connectivity index (χ0) is 17.8. The molecule has 0 radical (unpaired) electrons. The van der Waals surface area contributed by atoms with Crippen molar-refractivity contribution < 1.29 is 4.79 Å². The predicted octanol–water partition coefficient (Wildman–Crippen LogP) is 3.29. The maximum atomic E-state index is 12.2. The molecule has 0 spiro atoms. The molecule has 1 N–H and O–H groups in total. The molecule has 1 unspecified atom stereocenters. The first kappa shape index (κ1) is 17.3. The van der Waals surface area contributed by atoms with Gasteiger partial charge >= 0.3 is 0 Å². The maximum Gasteiger partial charge on any atom is 0.225 e. The first-order valence-corrected chi connectivity index (χ1v) is 8.84. The van der Waals surface area contributed by atoms with Gasteiger partial charge in [0, 0.05) is 30.6 Å². The van der Waals surface area contributed by atoms with Gasteiger partial charge in [0.25, 0.3) is 0 Å². The molecule has 6 nitrogen and oxygen atoms in total. The first-order chi connectivity index (χ1) is 12.0. The summed E-state index contributed by atoms with van der Waals surface area (Å²) < 4.78 is 0. The number of nitrogens with one attached hydrogen (secondary N) is 1. The van der Waals surface area contributed by atoms with Crippen LogP contribution in [-0.4, -0.2) is 38.8 Å². The van der Waals surface area contributed by atoms with Gasteiger partial charge in [-0.2, -0.15) is 0 Å². The van der Waals surface area contributed by atoms with Gasteiger partial charge in [-0.25, -0.2) is 9.97 Å². The lowest BCUT2D eigenvalue weighted by Gasteiger charge is -2.33. The van der Waals surface area contributed by atoms with E-state index in [0.29, 0.717) is 5.82 Å². The lowest BCUT2D eigenvalue weighted by atomic mass is 9.94. The number of carbonyl (C=O) groups is 1. The number of nitrogens with zero attached hydrogens (tertiary/aromatic N) is 4. The Balaban J connectivity index is 1.66. The minimum atomic E-state index is 0.0400. The Kier molecular flexibility index (Phi) is 5.26. The smallest absolute Gasteiger partial charge is 0.225 e. The summed E-state index contributed by atoms with van der Waals surface area (Å²) in [5.74, 6) is 1.95. The number of likely N-dealkylation sites (tertiary alicyclic amines) is 1. The number of carbonyl (C=O) groups excluding carboxylic acids is 1. The number of hydrogen-bond donors (Lipinski definition) is 1. The van der Waals surface area contributed by atoms with Gasteiger partial charge in [-0.05, 0) is 31.9 Å². The normalized spacial score (nSPS) is 17.6. The Bertz CT molecular complexity index is 729. The Morgan fingerprint density at radius 2 is 2.08 bits per heavy atom. The summed E-state index contributed by atoms with van der Waals surface area (Å²) in [5, 5.41) is 3.17. The molecule has 1 fully saturated rings. The van der Waals surface area contributed by atoms with Crippen molar-refractivity contribution >= 4 is 17.5 Å². The summed E-state index contributed by atoms with van der Waals surface area (Å²) in [6, 6.07) is 5.81. The fraction of sp³-hybridized carbons (Fsp3) is 0.474. The van der Waals surface area contributed by atoms with E-state index in [4.69, 9.17) is 0 Å². The third-order valence-electron chi connectivity index (χ3n) is 4.46. The molecule has 25 heavy (non-hydrogen) atoms. The van der Waals surface area contributed by atoms with Gasteiger partial charge < -0.3 is 10.2 Å². The van der Waals surface area contributed by atoms with Gasteiger partial charge in [-0.3, -0.25) is 9.78 Å². The average molecular weight is 339 g/mol. The molecule has 1 saturated heterocycles. The van der Waals surface area contributed by atoms with Crippen LogP contribution in [0.3, 0.4) is 0 Å². The summed E-state index contributed by atoms with van der Waals surface area (Å²) in [4.78, 5) is 27.6. The molecule has 0 bridgehead atoms. The van der Waals surface area contributed by atoms with Gasteiger partial charge in [-0.1, -0.05) is 19.9 Å². The molecule has 3 rings (SSSR count). The Morgan fingerprint density at radius 1 is 1.24 bits per heavy atom. The molecule has 2 aromatic heterocycles. The Morgan fingerprint density at radius 3 is 2.76 bits per heavy atom. The van der Waals surface area contributed by atoms with Gasteiger partial charge in [0.15, 0.2) is 0 Å². The summed E-state index contributed by atoms with van der Waals surface area (Å²) in [5.41, 5.74) is 1.90. The molecule has 0 aromatic carbocycles. The van der Waals surface area contributed by atoms with E-state index in [2.05, 4.69) is 20.3 Å². The highest BCUT2D eigenvalue weighted by molar-refractivity contribution is 5.78. The van der Waals surface area contributed by atoms with Crippen molar-refractivity contribution in [2.45, 2.75) is 39.5 Å².